The van der Waals surface area contributed by atoms with Gasteiger partial charge in [-0.25, -0.2) is 0 Å². The van der Waals surface area contributed by atoms with E-state index in [2.05, 4.69) is 6.58 Å². The van der Waals surface area contributed by atoms with Gasteiger partial charge in [0.1, 0.15) is 6.10 Å². The van der Waals surface area contributed by atoms with Crippen molar-refractivity contribution in [2.24, 2.45) is 0 Å². The molecule has 0 aromatic rings. The zero-order valence-corrected chi connectivity index (χ0v) is 6.88. The monoisotopic (exact) mass is 154 g/mol. The molecule has 1 rings (SSSR count). The summed E-state index contributed by atoms with van der Waals surface area (Å²) in [5.41, 5.74) is 0. The molecule has 0 saturated carbocycles. The average molecular weight is 154 g/mol. The molecule has 0 amide bonds. The first kappa shape index (κ1) is 8.47. The van der Waals surface area contributed by atoms with Crippen LogP contribution in [0.2, 0.25) is 0 Å². The van der Waals surface area contributed by atoms with E-state index in [1.165, 1.54) is 0 Å². The van der Waals surface area contributed by atoms with Gasteiger partial charge in [0.25, 0.3) is 0 Å². The molecule has 2 heteroatoms. The highest BCUT2D eigenvalue weighted by molar-refractivity contribution is 5.84. The van der Waals surface area contributed by atoms with Crippen molar-refractivity contribution in [1.29, 1.82) is 0 Å². The zero-order valence-electron chi connectivity index (χ0n) is 6.88. The van der Waals surface area contributed by atoms with Gasteiger partial charge >= 0.3 is 0 Å². The van der Waals surface area contributed by atoms with Crippen LogP contribution in [0.25, 0.3) is 0 Å². The third-order valence-corrected chi connectivity index (χ3v) is 1.94. The maximum atomic E-state index is 11.2. The molecule has 2 unspecified atom stereocenters. The Balaban J connectivity index is 2.36. The number of rotatable bonds is 3. The fraction of sp³-hybridized carbons (Fsp3) is 0.667. The van der Waals surface area contributed by atoms with E-state index in [0.29, 0.717) is 6.42 Å². The Morgan fingerprint density at radius 1 is 1.73 bits per heavy atom. The van der Waals surface area contributed by atoms with Crippen LogP contribution < -0.4 is 0 Å². The highest BCUT2D eigenvalue weighted by Gasteiger charge is 2.26. The summed E-state index contributed by atoms with van der Waals surface area (Å²) in [6.45, 7) is 5.52. The highest BCUT2D eigenvalue weighted by Crippen LogP contribution is 2.20. The largest absolute Gasteiger partial charge is 0.367 e. The van der Waals surface area contributed by atoms with Gasteiger partial charge in [0.05, 0.1) is 6.10 Å². The fourth-order valence-corrected chi connectivity index (χ4v) is 1.31. The zero-order chi connectivity index (χ0) is 8.27. The van der Waals surface area contributed by atoms with Crippen LogP contribution >= 0.6 is 0 Å². The van der Waals surface area contributed by atoms with Crippen LogP contribution in [0.3, 0.4) is 0 Å². The van der Waals surface area contributed by atoms with Crippen LogP contribution in [0.1, 0.15) is 26.2 Å². The molecule has 1 aliphatic heterocycles. The Kier molecular flexibility index (Phi) is 2.83. The molecular formula is C9H14O2. The van der Waals surface area contributed by atoms with Gasteiger partial charge in [-0.2, -0.15) is 0 Å². The summed E-state index contributed by atoms with van der Waals surface area (Å²) in [6.07, 6.45) is 4.07. The minimum Gasteiger partial charge on any atom is -0.367 e. The summed E-state index contributed by atoms with van der Waals surface area (Å²) in [5.74, 6) is 0.171. The van der Waals surface area contributed by atoms with Crippen LogP contribution in [0, 0.1) is 0 Å². The van der Waals surface area contributed by atoms with Gasteiger partial charge in [-0.1, -0.05) is 6.08 Å². The molecule has 0 aromatic carbocycles. The summed E-state index contributed by atoms with van der Waals surface area (Å²) in [6, 6.07) is 0. The van der Waals surface area contributed by atoms with E-state index in [1.807, 2.05) is 6.92 Å². The van der Waals surface area contributed by atoms with Crippen molar-refractivity contribution in [3.8, 4) is 0 Å². The molecule has 0 spiro atoms. The molecule has 1 fully saturated rings. The maximum absolute atomic E-state index is 11.2. The lowest BCUT2D eigenvalue weighted by atomic mass is 10.1. The predicted molar refractivity (Wildman–Crippen MR) is 43.4 cm³/mol. The number of hydrogen-bond acceptors (Lipinski definition) is 2. The van der Waals surface area contributed by atoms with Crippen LogP contribution in [0.5, 0.6) is 0 Å². The molecule has 2 atom stereocenters. The number of carbonyl (C=O) groups excluding carboxylic acids is 1. The standard InChI is InChI=1S/C9H14O2/c1-3-4-8(10)9-6-5-7(2)11-9/h3,7,9H,1,4-6H2,2H3. The first-order valence-corrected chi connectivity index (χ1v) is 4.03. The highest BCUT2D eigenvalue weighted by atomic mass is 16.5. The quantitative estimate of drug-likeness (QED) is 0.578. The van der Waals surface area contributed by atoms with E-state index >= 15 is 0 Å². The first-order valence-electron chi connectivity index (χ1n) is 4.03. The molecule has 0 aromatic heterocycles. The van der Waals surface area contributed by atoms with E-state index in [1.54, 1.807) is 6.08 Å². The lowest BCUT2D eigenvalue weighted by molar-refractivity contribution is -0.128. The summed E-state index contributed by atoms with van der Waals surface area (Å²) >= 11 is 0. The minimum atomic E-state index is -0.150. The number of carbonyl (C=O) groups is 1. The molecule has 1 heterocycles. The number of hydrogen-bond donors (Lipinski definition) is 0. The van der Waals surface area contributed by atoms with E-state index in [4.69, 9.17) is 4.74 Å². The molecular weight excluding hydrogens is 140 g/mol. The average Bonchev–Trinajstić information content (AvgIpc) is 2.36. The molecule has 0 aliphatic carbocycles. The van der Waals surface area contributed by atoms with Crippen molar-refractivity contribution in [1.82, 2.24) is 0 Å². The van der Waals surface area contributed by atoms with Crippen molar-refractivity contribution in [2.75, 3.05) is 0 Å². The van der Waals surface area contributed by atoms with Crippen molar-refractivity contribution in [3.63, 3.8) is 0 Å². The summed E-state index contributed by atoms with van der Waals surface area (Å²) in [4.78, 5) is 11.2. The molecule has 0 bridgehead atoms. The van der Waals surface area contributed by atoms with Gasteiger partial charge < -0.3 is 4.74 Å². The SMILES string of the molecule is C=CCC(=O)C1CCC(C)O1. The maximum Gasteiger partial charge on any atom is 0.165 e. The second-order valence-corrected chi connectivity index (χ2v) is 2.97. The number of allylic oxidation sites excluding steroid dienone is 1. The predicted octanol–water partition coefficient (Wildman–Crippen LogP) is 1.70. The molecule has 62 valence electrons. The van der Waals surface area contributed by atoms with Crippen LogP contribution in [0.15, 0.2) is 12.7 Å². The number of Topliss-reactive ketones (excluding diaryl/α,β-unsaturated/α-hetero) is 1. The van der Waals surface area contributed by atoms with Gasteiger partial charge in [0, 0.05) is 6.42 Å². The Hall–Kier alpha value is -0.630. The molecule has 1 aliphatic rings. The van der Waals surface area contributed by atoms with E-state index in [9.17, 15) is 4.79 Å². The van der Waals surface area contributed by atoms with Crippen molar-refractivity contribution in [3.05, 3.63) is 12.7 Å². The lowest BCUT2D eigenvalue weighted by Gasteiger charge is -2.07. The van der Waals surface area contributed by atoms with Crippen LogP contribution in [0.4, 0.5) is 0 Å². The third kappa shape index (κ3) is 2.15. The minimum absolute atomic E-state index is 0.150. The Morgan fingerprint density at radius 2 is 2.45 bits per heavy atom. The van der Waals surface area contributed by atoms with E-state index < -0.39 is 0 Å². The summed E-state index contributed by atoms with van der Waals surface area (Å²) in [5, 5.41) is 0. The Bertz CT molecular complexity index is 163. The van der Waals surface area contributed by atoms with Gasteiger partial charge in [0.2, 0.25) is 0 Å². The van der Waals surface area contributed by atoms with Gasteiger partial charge in [-0.05, 0) is 19.8 Å². The fourth-order valence-electron chi connectivity index (χ4n) is 1.31. The number of ketones is 1. The van der Waals surface area contributed by atoms with E-state index in [0.717, 1.165) is 12.8 Å². The van der Waals surface area contributed by atoms with Crippen molar-refractivity contribution in [2.45, 2.75) is 38.4 Å². The first-order chi connectivity index (χ1) is 5.24. The van der Waals surface area contributed by atoms with Crippen molar-refractivity contribution >= 4 is 5.78 Å². The molecule has 2 nitrogen and oxygen atoms in total. The third-order valence-electron chi connectivity index (χ3n) is 1.94. The topological polar surface area (TPSA) is 26.3 Å². The van der Waals surface area contributed by atoms with Crippen LogP contribution in [-0.2, 0) is 9.53 Å². The van der Waals surface area contributed by atoms with Crippen LogP contribution in [-0.4, -0.2) is 18.0 Å². The lowest BCUT2D eigenvalue weighted by Crippen LogP contribution is -2.19. The van der Waals surface area contributed by atoms with E-state index in [-0.39, 0.29) is 18.0 Å². The molecule has 0 N–H and O–H groups in total. The molecule has 1 saturated heterocycles. The van der Waals surface area contributed by atoms with Gasteiger partial charge in [-0.15, -0.1) is 6.58 Å². The van der Waals surface area contributed by atoms with Gasteiger partial charge in [-0.3, -0.25) is 4.79 Å². The molecule has 0 radical (unpaired) electrons. The smallest absolute Gasteiger partial charge is 0.165 e. The van der Waals surface area contributed by atoms with Gasteiger partial charge in [0.15, 0.2) is 5.78 Å². The van der Waals surface area contributed by atoms with Crippen molar-refractivity contribution < 1.29 is 9.53 Å². The number of ether oxygens (including phenoxy) is 1. The summed E-state index contributed by atoms with van der Waals surface area (Å²) in [7, 11) is 0. The second-order valence-electron chi connectivity index (χ2n) is 2.97. The second kappa shape index (κ2) is 3.67. The Labute approximate surface area is 67.2 Å². The molecule has 11 heavy (non-hydrogen) atoms. The Morgan fingerprint density at radius 3 is 2.91 bits per heavy atom. The normalized spacial score (nSPS) is 30.3. The summed E-state index contributed by atoms with van der Waals surface area (Å²) < 4.78 is 5.38.